The van der Waals surface area contributed by atoms with E-state index in [-0.39, 0.29) is 22.4 Å². The van der Waals surface area contributed by atoms with Crippen LogP contribution in [0.25, 0.3) is 16.6 Å². The molecule has 0 radical (unpaired) electrons. The topological polar surface area (TPSA) is 98.3 Å². The van der Waals surface area contributed by atoms with Crippen LogP contribution >= 0.6 is 0 Å². The van der Waals surface area contributed by atoms with Crippen molar-refractivity contribution in [3.8, 4) is 5.69 Å². The third-order valence-corrected chi connectivity index (χ3v) is 5.52. The summed E-state index contributed by atoms with van der Waals surface area (Å²) in [6, 6.07) is 17.6. The van der Waals surface area contributed by atoms with Crippen LogP contribution in [0, 0.1) is 17.0 Å². The molecule has 0 saturated carbocycles. The van der Waals surface area contributed by atoms with Crippen molar-refractivity contribution in [1.82, 2.24) is 14.5 Å². The summed E-state index contributed by atoms with van der Waals surface area (Å²) >= 11 is 0. The Labute approximate surface area is 202 Å². The summed E-state index contributed by atoms with van der Waals surface area (Å²) in [6.07, 6.45) is -4.72. The van der Waals surface area contributed by atoms with Gasteiger partial charge in [0.05, 0.1) is 28.1 Å². The SMILES string of the molecule is Cc1nc2ccccc2c(=O)n1-c1ccc(C(=O)N(Cc2ccccc2[N+](=O)[O-])CC(F)(F)F)cc1. The van der Waals surface area contributed by atoms with Gasteiger partial charge in [0, 0.05) is 17.2 Å². The maximum Gasteiger partial charge on any atom is 0.406 e. The number of nitro groups is 1. The number of rotatable bonds is 6. The standard InChI is InChI=1S/C25H19F3N4O4/c1-16-29-21-8-4-3-7-20(21)24(34)31(16)19-12-10-17(11-13-19)23(33)30(15-25(26,27)28)14-18-6-2-5-9-22(18)32(35)36/h2-13H,14-15H2,1H3. The third-order valence-electron chi connectivity index (χ3n) is 5.52. The minimum atomic E-state index is -4.72. The lowest BCUT2D eigenvalue weighted by molar-refractivity contribution is -0.385. The van der Waals surface area contributed by atoms with E-state index in [4.69, 9.17) is 0 Å². The summed E-state index contributed by atoms with van der Waals surface area (Å²) in [7, 11) is 0. The van der Waals surface area contributed by atoms with Crippen molar-refractivity contribution in [2.75, 3.05) is 6.54 Å². The minimum Gasteiger partial charge on any atom is -0.325 e. The number of fused-ring (bicyclic) bond motifs is 1. The van der Waals surface area contributed by atoms with Gasteiger partial charge in [-0.3, -0.25) is 24.3 Å². The van der Waals surface area contributed by atoms with Crippen LogP contribution in [0.1, 0.15) is 21.7 Å². The third kappa shape index (κ3) is 5.09. The Hall–Kier alpha value is -4.54. The normalized spacial score (nSPS) is 11.4. The van der Waals surface area contributed by atoms with Gasteiger partial charge in [-0.05, 0) is 43.3 Å². The molecule has 4 aromatic rings. The lowest BCUT2D eigenvalue weighted by atomic mass is 10.1. The number of aryl methyl sites for hydroxylation is 1. The molecule has 0 spiro atoms. The van der Waals surface area contributed by atoms with Gasteiger partial charge in [0.25, 0.3) is 17.2 Å². The molecule has 0 aliphatic carbocycles. The van der Waals surface area contributed by atoms with E-state index in [1.54, 1.807) is 31.2 Å². The summed E-state index contributed by atoms with van der Waals surface area (Å²) < 4.78 is 41.2. The number of nitro benzene ring substituents is 1. The number of carbonyl (C=O) groups excluding carboxylic acids is 1. The molecule has 0 atom stereocenters. The van der Waals surface area contributed by atoms with Crippen LogP contribution in [-0.2, 0) is 6.54 Å². The van der Waals surface area contributed by atoms with Crippen molar-refractivity contribution in [2.24, 2.45) is 0 Å². The molecule has 0 aliphatic rings. The second kappa shape index (κ2) is 9.61. The zero-order valence-electron chi connectivity index (χ0n) is 18.9. The monoisotopic (exact) mass is 496 g/mol. The zero-order chi connectivity index (χ0) is 26.0. The summed E-state index contributed by atoms with van der Waals surface area (Å²) in [6.45, 7) is -0.554. The van der Waals surface area contributed by atoms with Gasteiger partial charge >= 0.3 is 6.18 Å². The van der Waals surface area contributed by atoms with Crippen LogP contribution < -0.4 is 5.56 Å². The molecule has 0 saturated heterocycles. The Kier molecular flexibility index (Phi) is 6.56. The van der Waals surface area contributed by atoms with E-state index in [1.165, 1.54) is 47.0 Å². The maximum atomic E-state index is 13.3. The molecule has 0 N–H and O–H groups in total. The Morgan fingerprint density at radius 3 is 2.33 bits per heavy atom. The lowest BCUT2D eigenvalue weighted by Crippen LogP contribution is -2.38. The number of carbonyl (C=O) groups is 1. The molecular weight excluding hydrogens is 477 g/mol. The molecule has 184 valence electrons. The van der Waals surface area contributed by atoms with Gasteiger partial charge < -0.3 is 4.90 Å². The van der Waals surface area contributed by atoms with Crippen LogP contribution in [0.2, 0.25) is 0 Å². The molecule has 0 aliphatic heterocycles. The minimum absolute atomic E-state index is 0.0267. The first-order valence-electron chi connectivity index (χ1n) is 10.7. The number of aromatic nitrogens is 2. The first kappa shape index (κ1) is 24.6. The Balaban J connectivity index is 1.68. The predicted molar refractivity (Wildman–Crippen MR) is 126 cm³/mol. The molecule has 4 rings (SSSR count). The zero-order valence-corrected chi connectivity index (χ0v) is 18.9. The fourth-order valence-corrected chi connectivity index (χ4v) is 3.93. The fourth-order valence-electron chi connectivity index (χ4n) is 3.93. The van der Waals surface area contributed by atoms with Crippen LogP contribution in [0.5, 0.6) is 0 Å². The van der Waals surface area contributed by atoms with Gasteiger partial charge in [-0.25, -0.2) is 4.98 Å². The summed E-state index contributed by atoms with van der Waals surface area (Å²) in [5.41, 5.74) is 0.107. The number of hydrogen-bond acceptors (Lipinski definition) is 5. The maximum absolute atomic E-state index is 13.3. The second-order valence-corrected chi connectivity index (χ2v) is 8.03. The lowest BCUT2D eigenvalue weighted by Gasteiger charge is -2.24. The van der Waals surface area contributed by atoms with Gasteiger partial charge in [-0.15, -0.1) is 0 Å². The molecule has 3 aromatic carbocycles. The summed E-state index contributed by atoms with van der Waals surface area (Å²) in [5, 5.41) is 11.7. The largest absolute Gasteiger partial charge is 0.406 e. The van der Waals surface area contributed by atoms with Crippen molar-refractivity contribution in [3.63, 3.8) is 0 Å². The molecule has 1 heterocycles. The molecule has 36 heavy (non-hydrogen) atoms. The first-order chi connectivity index (χ1) is 17.0. The van der Waals surface area contributed by atoms with Crippen molar-refractivity contribution >= 4 is 22.5 Å². The van der Waals surface area contributed by atoms with Gasteiger partial charge in [-0.1, -0.05) is 30.3 Å². The predicted octanol–water partition coefficient (Wildman–Crippen LogP) is 4.81. The Morgan fingerprint density at radius 2 is 1.67 bits per heavy atom. The molecule has 8 nitrogen and oxygen atoms in total. The molecular formula is C25H19F3N4O4. The summed E-state index contributed by atoms with van der Waals surface area (Å²) in [4.78, 5) is 41.5. The highest BCUT2D eigenvalue weighted by Crippen LogP contribution is 2.25. The molecule has 1 aromatic heterocycles. The van der Waals surface area contributed by atoms with Crippen LogP contribution in [-0.4, -0.2) is 38.0 Å². The number of nitrogens with zero attached hydrogens (tertiary/aromatic N) is 4. The van der Waals surface area contributed by atoms with Gasteiger partial charge in [-0.2, -0.15) is 13.2 Å². The Bertz CT molecular complexity index is 1510. The van der Waals surface area contributed by atoms with Crippen molar-refractivity contribution in [3.05, 3.63) is 110 Å². The van der Waals surface area contributed by atoms with Gasteiger partial charge in [0.1, 0.15) is 12.4 Å². The highest BCUT2D eigenvalue weighted by atomic mass is 19.4. The highest BCUT2D eigenvalue weighted by molar-refractivity contribution is 5.94. The number of hydrogen-bond donors (Lipinski definition) is 0. The van der Waals surface area contributed by atoms with E-state index in [0.29, 0.717) is 27.3 Å². The van der Waals surface area contributed by atoms with Crippen molar-refractivity contribution in [2.45, 2.75) is 19.6 Å². The van der Waals surface area contributed by atoms with Crippen LogP contribution in [0.15, 0.2) is 77.6 Å². The molecule has 0 bridgehead atoms. The molecule has 1 amide bonds. The van der Waals surface area contributed by atoms with E-state index in [0.717, 1.165) is 6.07 Å². The van der Waals surface area contributed by atoms with E-state index in [1.807, 2.05) is 0 Å². The average Bonchev–Trinajstić information content (AvgIpc) is 2.83. The second-order valence-electron chi connectivity index (χ2n) is 8.03. The van der Waals surface area contributed by atoms with Crippen LogP contribution in [0.4, 0.5) is 18.9 Å². The summed E-state index contributed by atoms with van der Waals surface area (Å²) in [5.74, 6) is -0.564. The molecule has 0 unspecified atom stereocenters. The fraction of sp³-hybridized carbons (Fsp3) is 0.160. The first-order valence-corrected chi connectivity index (χ1v) is 10.7. The number of benzene rings is 3. The van der Waals surface area contributed by atoms with E-state index < -0.39 is 30.1 Å². The molecule has 0 fully saturated rings. The number of amides is 1. The highest BCUT2D eigenvalue weighted by Gasteiger charge is 2.34. The van der Waals surface area contributed by atoms with E-state index in [2.05, 4.69) is 4.98 Å². The van der Waals surface area contributed by atoms with E-state index >= 15 is 0 Å². The smallest absolute Gasteiger partial charge is 0.325 e. The average molecular weight is 496 g/mol. The van der Waals surface area contributed by atoms with Crippen LogP contribution in [0.3, 0.4) is 0 Å². The van der Waals surface area contributed by atoms with E-state index in [9.17, 15) is 32.9 Å². The quantitative estimate of drug-likeness (QED) is 0.282. The van der Waals surface area contributed by atoms with Gasteiger partial charge in [0.15, 0.2) is 0 Å². The molecule has 11 heteroatoms. The number of alkyl halides is 3. The number of para-hydroxylation sites is 2. The van der Waals surface area contributed by atoms with Crippen molar-refractivity contribution < 1.29 is 22.9 Å². The number of halogens is 3. The van der Waals surface area contributed by atoms with Crippen molar-refractivity contribution in [1.29, 1.82) is 0 Å². The Morgan fingerprint density at radius 1 is 1.03 bits per heavy atom. The van der Waals surface area contributed by atoms with Gasteiger partial charge in [0.2, 0.25) is 0 Å².